The molecular weight excluding hydrogens is 345 g/mol. The second-order valence-corrected chi connectivity index (χ2v) is 5.67. The second-order valence-electron chi connectivity index (χ2n) is 5.67. The highest BCUT2D eigenvalue weighted by Crippen LogP contribution is 2.27. The Hall–Kier alpha value is -2.14. The molecule has 8 nitrogen and oxygen atoms in total. The Morgan fingerprint density at radius 1 is 1.48 bits per heavy atom. The zero-order valence-corrected chi connectivity index (χ0v) is 13.3. The summed E-state index contributed by atoms with van der Waals surface area (Å²) in [5.41, 5.74) is 5.55. The van der Waals surface area contributed by atoms with Crippen LogP contribution in [-0.4, -0.2) is 46.0 Å². The van der Waals surface area contributed by atoms with E-state index in [-0.39, 0.29) is 37.9 Å². The zero-order valence-electron chi connectivity index (χ0n) is 13.3. The van der Waals surface area contributed by atoms with E-state index in [1.165, 1.54) is 10.8 Å². The number of aliphatic hydroxyl groups excluding tert-OH is 1. The van der Waals surface area contributed by atoms with Crippen LogP contribution in [0.15, 0.2) is 11.0 Å². The highest BCUT2D eigenvalue weighted by atomic mass is 19.4. The van der Waals surface area contributed by atoms with Gasteiger partial charge >= 0.3 is 17.8 Å². The molecule has 25 heavy (non-hydrogen) atoms. The van der Waals surface area contributed by atoms with Crippen LogP contribution in [0.3, 0.4) is 0 Å². The molecule has 0 saturated carbocycles. The Labute approximate surface area is 140 Å². The number of halogens is 3. The number of carbonyl (C=O) groups excluding carboxylic acids is 1. The number of nitrogens with zero attached hydrogens (tertiary/aromatic N) is 2. The number of aromatic nitrogens is 2. The van der Waals surface area contributed by atoms with E-state index in [0.717, 1.165) is 0 Å². The summed E-state index contributed by atoms with van der Waals surface area (Å²) >= 11 is 0. The number of aliphatic hydroxyl groups is 1. The van der Waals surface area contributed by atoms with Crippen molar-refractivity contribution in [2.45, 2.75) is 44.2 Å². The van der Waals surface area contributed by atoms with Gasteiger partial charge in [-0.3, -0.25) is 9.36 Å². The third kappa shape index (κ3) is 4.92. The lowest BCUT2D eigenvalue weighted by atomic mass is 10.1. The molecule has 1 aromatic heterocycles. The second kappa shape index (κ2) is 7.83. The lowest BCUT2D eigenvalue weighted by molar-refractivity contribution is -0.173. The van der Waals surface area contributed by atoms with Crippen molar-refractivity contribution in [2.24, 2.45) is 0 Å². The van der Waals surface area contributed by atoms with Gasteiger partial charge < -0.3 is 20.9 Å². The van der Waals surface area contributed by atoms with Crippen molar-refractivity contribution < 1.29 is 27.8 Å². The Bertz CT molecular complexity index is 677. The van der Waals surface area contributed by atoms with Gasteiger partial charge in [0.2, 0.25) is 0 Å². The number of alkyl halides is 3. The maximum atomic E-state index is 12.1. The molecule has 1 fully saturated rings. The summed E-state index contributed by atoms with van der Waals surface area (Å²) in [5.74, 6) is -2.02. The maximum absolute atomic E-state index is 12.1. The number of hydrogen-bond acceptors (Lipinski definition) is 6. The first-order valence-corrected chi connectivity index (χ1v) is 7.71. The van der Waals surface area contributed by atoms with E-state index in [9.17, 15) is 22.8 Å². The van der Waals surface area contributed by atoms with Crippen molar-refractivity contribution >= 4 is 11.7 Å². The minimum atomic E-state index is -4.92. The van der Waals surface area contributed by atoms with Gasteiger partial charge in [-0.25, -0.2) is 4.79 Å². The molecule has 2 rings (SSSR count). The Morgan fingerprint density at radius 3 is 2.80 bits per heavy atom. The minimum Gasteiger partial charge on any atom is -0.394 e. The topological polar surface area (TPSA) is 119 Å². The molecule has 2 heterocycles. The van der Waals surface area contributed by atoms with E-state index in [2.05, 4.69) is 4.98 Å². The molecule has 0 aromatic carbocycles. The van der Waals surface area contributed by atoms with Gasteiger partial charge in [-0.1, -0.05) is 0 Å². The van der Waals surface area contributed by atoms with Crippen LogP contribution in [0, 0.1) is 0 Å². The molecule has 11 heteroatoms. The monoisotopic (exact) mass is 364 g/mol. The van der Waals surface area contributed by atoms with E-state index >= 15 is 0 Å². The molecule has 1 saturated heterocycles. The summed E-state index contributed by atoms with van der Waals surface area (Å²) in [7, 11) is 0. The van der Waals surface area contributed by atoms with E-state index in [1.54, 1.807) is 5.32 Å². The van der Waals surface area contributed by atoms with Gasteiger partial charge in [-0.05, 0) is 25.7 Å². The van der Waals surface area contributed by atoms with Crippen LogP contribution < -0.4 is 16.7 Å². The van der Waals surface area contributed by atoms with Crippen molar-refractivity contribution in [1.29, 1.82) is 0 Å². The number of ether oxygens (including phenoxy) is 1. The van der Waals surface area contributed by atoms with Gasteiger partial charge in [0.25, 0.3) is 0 Å². The molecule has 1 amide bonds. The number of aryl methyl sites for hydroxylation is 1. The van der Waals surface area contributed by atoms with Crippen molar-refractivity contribution in [2.75, 3.05) is 18.9 Å². The highest BCUT2D eigenvalue weighted by molar-refractivity contribution is 5.81. The number of rotatable bonds is 6. The quantitative estimate of drug-likeness (QED) is 0.616. The molecule has 0 bridgehead atoms. The molecule has 0 aliphatic carbocycles. The lowest BCUT2D eigenvalue weighted by Crippen LogP contribution is -2.37. The fraction of sp³-hybridized carbons (Fsp3) is 0.643. The standard InChI is InChI=1S/C14H19F3N4O4/c15-14(16,17)12(23)19-5-1-2-8-6-21(13(24)20-11(8)18)10-4-3-9(7-22)25-10/h6,9-10,22H,1-5,7H2,(H,19,23)(H2,18,20,24)/t9-,10+/m0/s1. The van der Waals surface area contributed by atoms with Crippen molar-refractivity contribution in [1.82, 2.24) is 14.9 Å². The Balaban J connectivity index is 1.98. The van der Waals surface area contributed by atoms with Gasteiger partial charge in [0.05, 0.1) is 12.7 Å². The van der Waals surface area contributed by atoms with Gasteiger partial charge in [-0.2, -0.15) is 18.2 Å². The number of nitrogens with one attached hydrogen (secondary N) is 1. The first-order valence-electron chi connectivity index (χ1n) is 7.71. The van der Waals surface area contributed by atoms with Crippen molar-refractivity contribution in [3.05, 3.63) is 22.2 Å². The Morgan fingerprint density at radius 2 is 2.20 bits per heavy atom. The number of nitrogen functional groups attached to an aromatic ring is 1. The van der Waals surface area contributed by atoms with Crippen LogP contribution in [0.25, 0.3) is 0 Å². The van der Waals surface area contributed by atoms with E-state index in [1.807, 2.05) is 0 Å². The summed E-state index contributed by atoms with van der Waals surface area (Å²) in [6.07, 6.45) is -2.84. The number of anilines is 1. The summed E-state index contributed by atoms with van der Waals surface area (Å²) in [6.45, 7) is -0.344. The number of carbonyl (C=O) groups is 1. The first-order chi connectivity index (χ1) is 11.7. The largest absolute Gasteiger partial charge is 0.471 e. The first kappa shape index (κ1) is 19.2. The predicted molar refractivity (Wildman–Crippen MR) is 80.5 cm³/mol. The average molecular weight is 364 g/mol. The smallest absolute Gasteiger partial charge is 0.394 e. The van der Waals surface area contributed by atoms with Gasteiger partial charge in [-0.15, -0.1) is 0 Å². The van der Waals surface area contributed by atoms with Crippen LogP contribution in [0.2, 0.25) is 0 Å². The van der Waals surface area contributed by atoms with Gasteiger partial charge in [0.15, 0.2) is 0 Å². The number of nitrogens with two attached hydrogens (primary N) is 1. The molecule has 1 aromatic rings. The van der Waals surface area contributed by atoms with Crippen LogP contribution >= 0.6 is 0 Å². The molecule has 0 unspecified atom stereocenters. The minimum absolute atomic E-state index is 0.0138. The summed E-state index contributed by atoms with van der Waals surface area (Å²) in [5, 5.41) is 10.8. The molecule has 1 aliphatic heterocycles. The molecule has 4 N–H and O–H groups in total. The molecular formula is C14H19F3N4O4. The van der Waals surface area contributed by atoms with Crippen LogP contribution in [0.5, 0.6) is 0 Å². The molecule has 140 valence electrons. The van der Waals surface area contributed by atoms with Crippen LogP contribution in [0.1, 0.15) is 31.1 Å². The number of hydrogen-bond donors (Lipinski definition) is 3. The SMILES string of the molecule is Nc1nc(=O)n([C@H]2CC[C@@H](CO)O2)cc1CCCNC(=O)C(F)(F)F. The van der Waals surface area contributed by atoms with Gasteiger partial charge in [0, 0.05) is 18.3 Å². The van der Waals surface area contributed by atoms with E-state index in [0.29, 0.717) is 18.4 Å². The Kier molecular flexibility index (Phi) is 6.01. The summed E-state index contributed by atoms with van der Waals surface area (Å²) in [4.78, 5) is 26.4. The average Bonchev–Trinajstić information content (AvgIpc) is 3.00. The van der Waals surface area contributed by atoms with E-state index in [4.69, 9.17) is 15.6 Å². The maximum Gasteiger partial charge on any atom is 0.471 e. The van der Waals surface area contributed by atoms with E-state index < -0.39 is 24.0 Å². The predicted octanol–water partition coefficient (Wildman–Crippen LogP) is 0.106. The highest BCUT2D eigenvalue weighted by Gasteiger charge is 2.38. The van der Waals surface area contributed by atoms with Crippen molar-refractivity contribution in [3.8, 4) is 0 Å². The zero-order chi connectivity index (χ0) is 18.6. The third-order valence-electron chi connectivity index (χ3n) is 3.83. The van der Waals surface area contributed by atoms with Crippen LogP contribution in [-0.2, 0) is 16.0 Å². The van der Waals surface area contributed by atoms with Crippen LogP contribution in [0.4, 0.5) is 19.0 Å². The lowest BCUT2D eigenvalue weighted by Gasteiger charge is -2.16. The fourth-order valence-electron chi connectivity index (χ4n) is 2.53. The fourth-order valence-corrected chi connectivity index (χ4v) is 2.53. The molecule has 0 spiro atoms. The summed E-state index contributed by atoms with van der Waals surface area (Å²) < 4.78 is 43.0. The molecule has 1 aliphatic rings. The number of amides is 1. The third-order valence-corrected chi connectivity index (χ3v) is 3.83. The normalized spacial score (nSPS) is 20.6. The molecule has 2 atom stereocenters. The summed E-state index contributed by atoms with van der Waals surface area (Å²) in [6, 6.07) is 0. The van der Waals surface area contributed by atoms with Gasteiger partial charge in [0.1, 0.15) is 12.0 Å². The van der Waals surface area contributed by atoms with Crippen molar-refractivity contribution in [3.63, 3.8) is 0 Å². The molecule has 0 radical (unpaired) electrons.